The van der Waals surface area contributed by atoms with Crippen LogP contribution in [0.3, 0.4) is 0 Å². The van der Waals surface area contributed by atoms with Crippen molar-refractivity contribution in [1.29, 1.82) is 0 Å². The van der Waals surface area contributed by atoms with Gasteiger partial charge in [-0.15, -0.1) is 0 Å². The van der Waals surface area contributed by atoms with Gasteiger partial charge in [-0.3, -0.25) is 9.62 Å². The van der Waals surface area contributed by atoms with E-state index in [1.165, 1.54) is 6.92 Å². The number of nitrogens with zero attached hydrogens (tertiary/aromatic N) is 3. The lowest BCUT2D eigenvalue weighted by atomic mass is 9.91. The number of aromatic amines is 1. The number of carbonyl (C=O) groups excluding carboxylic acids is 2. The van der Waals surface area contributed by atoms with Crippen LogP contribution in [-0.4, -0.2) is 98.7 Å². The number of hydrogen-bond acceptors (Lipinski definition) is 11. The first-order valence-electron chi connectivity index (χ1n) is 19.1. The number of aromatic nitrogens is 2. The van der Waals surface area contributed by atoms with Crippen molar-refractivity contribution < 1.29 is 42.9 Å². The number of amides is 2. The fourth-order valence-corrected chi connectivity index (χ4v) is 8.57. The average Bonchev–Trinajstić information content (AvgIpc) is 3.57. The van der Waals surface area contributed by atoms with Gasteiger partial charge in [-0.05, 0) is 74.1 Å². The molecule has 5 N–H and O–H groups in total. The number of ether oxygens (including phenoxy) is 2. The summed E-state index contributed by atoms with van der Waals surface area (Å²) in [6, 6.07) is 31.1. The number of urea groups is 1. The van der Waals surface area contributed by atoms with Crippen molar-refractivity contribution in [2.24, 2.45) is 0 Å². The molecule has 6 atom stereocenters. The van der Waals surface area contributed by atoms with Gasteiger partial charge in [0.1, 0.15) is 18.0 Å². The quantitative estimate of drug-likeness (QED) is 0.0467. The van der Waals surface area contributed by atoms with Crippen molar-refractivity contribution in [2.45, 2.75) is 70.1 Å². The number of esters is 1. The zero-order valence-corrected chi connectivity index (χ0v) is 32.9. The van der Waals surface area contributed by atoms with Gasteiger partial charge in [-0.1, -0.05) is 84.9 Å². The monoisotopic (exact) mass is 799 g/mol. The first-order chi connectivity index (χ1) is 27.5. The third-order valence-electron chi connectivity index (χ3n) is 9.88. The molecule has 1 fully saturated rings. The van der Waals surface area contributed by atoms with Gasteiger partial charge in [0.25, 0.3) is 0 Å². The summed E-state index contributed by atoms with van der Waals surface area (Å²) >= 11 is 0. The summed E-state index contributed by atoms with van der Waals surface area (Å²) in [7, 11) is -4.05. The first kappa shape index (κ1) is 41.4. The molecule has 0 aliphatic carbocycles. The Balaban J connectivity index is 1.26. The maximum absolute atomic E-state index is 15.0. The van der Waals surface area contributed by atoms with E-state index in [1.807, 2.05) is 78.9 Å². The maximum atomic E-state index is 15.0. The Kier molecular flexibility index (Phi) is 14.0. The van der Waals surface area contributed by atoms with Crippen molar-refractivity contribution in [2.75, 3.05) is 31.8 Å². The van der Waals surface area contributed by atoms with Crippen molar-refractivity contribution in [3.8, 4) is 5.75 Å². The number of carbonyl (C=O) groups is 2. The van der Waals surface area contributed by atoms with E-state index in [9.17, 15) is 19.6 Å². The normalized spacial score (nSPS) is 20.2. The number of nitrogen functional groups attached to an aromatic ring is 1. The molecule has 6 rings (SSSR count). The number of fused-ring (bicyclic) bond motifs is 1. The molecule has 5 aromatic rings. The fraction of sp³-hybridized carbons (Fsp3) is 0.357. The van der Waals surface area contributed by atoms with Gasteiger partial charge in [0.05, 0.1) is 24.2 Å². The molecule has 2 amide bonds. The number of nitrogens with one attached hydrogen (secondary N) is 1. The predicted octanol–water partition coefficient (Wildman–Crippen LogP) is 5.93. The van der Waals surface area contributed by atoms with Gasteiger partial charge >= 0.3 is 19.6 Å². The van der Waals surface area contributed by atoms with Gasteiger partial charge in [0, 0.05) is 25.1 Å². The van der Waals surface area contributed by atoms with E-state index in [0.29, 0.717) is 11.2 Å². The standard InChI is InChI=1S/C42H50N5O9P/c1-3-54-41(50)29(2)55-57(52,56-33-18-11-6-12-19-33)28-53-23-13-22-46-36(25-30-14-7-4-8-15-30)38(48)39(49)37(26-31-16-9-5-10-17-31)47(42(46)51)27-32-20-21-35-34(24-32)40(43)45-44-35/h4-12,14-21,24,29,36-39,48-49H,3,13,22-23,25-28H2,1-2H3,(H3,43,44,45)/t29-,36+,37+,38-,39-,57?/m0/s1. The Morgan fingerprint density at radius 3 is 2.09 bits per heavy atom. The Hall–Kier alpha value is -5.24. The summed E-state index contributed by atoms with van der Waals surface area (Å²) in [4.78, 5) is 30.6. The van der Waals surface area contributed by atoms with Gasteiger partial charge in [0.15, 0.2) is 18.3 Å². The second-order valence-corrected chi connectivity index (χ2v) is 15.9. The summed E-state index contributed by atoms with van der Waals surface area (Å²) in [5.74, 6) is -0.0939. The molecule has 1 aliphatic rings. The molecule has 14 nitrogen and oxygen atoms in total. The minimum Gasteiger partial charge on any atom is -0.464 e. The fourth-order valence-electron chi connectivity index (χ4n) is 7.05. The number of aliphatic hydroxyl groups is 2. The molecule has 2 heterocycles. The van der Waals surface area contributed by atoms with E-state index >= 15 is 4.79 Å². The second-order valence-electron chi connectivity index (χ2n) is 14.0. The Labute approximate surface area is 332 Å². The van der Waals surface area contributed by atoms with E-state index in [0.717, 1.165) is 22.2 Å². The van der Waals surface area contributed by atoms with Crippen molar-refractivity contribution >= 4 is 36.3 Å². The molecule has 302 valence electrons. The highest BCUT2D eigenvalue weighted by Gasteiger charge is 2.46. The Bertz CT molecular complexity index is 2110. The average molecular weight is 800 g/mol. The van der Waals surface area contributed by atoms with Crippen molar-refractivity contribution in [3.05, 3.63) is 126 Å². The number of anilines is 1. The van der Waals surface area contributed by atoms with Crippen LogP contribution in [0, 0.1) is 0 Å². The van der Waals surface area contributed by atoms with Crippen LogP contribution in [0.25, 0.3) is 10.9 Å². The van der Waals surface area contributed by atoms with Crippen LogP contribution in [0.15, 0.2) is 109 Å². The Morgan fingerprint density at radius 1 is 0.877 bits per heavy atom. The molecular formula is C42H50N5O9P. The molecule has 1 unspecified atom stereocenters. The SMILES string of the molecule is CCOC(=O)[C@H](C)OP(=O)(COCCCN1C(=O)N(Cc2ccc3[nH]nc(N)c3c2)[C@H](Cc2ccccc2)[C@H](O)[C@@H](O)[C@H]1Cc1ccccc1)Oc1ccccc1. The van der Waals surface area contributed by atoms with E-state index in [1.54, 1.807) is 47.1 Å². The van der Waals surface area contributed by atoms with E-state index < -0.39 is 50.3 Å². The third-order valence-corrected chi connectivity index (χ3v) is 11.5. The van der Waals surface area contributed by atoms with Crippen molar-refractivity contribution in [3.63, 3.8) is 0 Å². The number of rotatable bonds is 18. The molecule has 0 saturated carbocycles. The highest BCUT2D eigenvalue weighted by molar-refractivity contribution is 7.54. The van der Waals surface area contributed by atoms with Crippen LogP contribution in [0.4, 0.5) is 10.6 Å². The molecule has 0 radical (unpaired) electrons. The smallest absolute Gasteiger partial charge is 0.405 e. The largest absolute Gasteiger partial charge is 0.464 e. The highest BCUT2D eigenvalue weighted by atomic mass is 31.2. The molecule has 4 aromatic carbocycles. The number of H-pyrrole nitrogens is 1. The van der Waals surface area contributed by atoms with Crippen LogP contribution in [0.5, 0.6) is 5.75 Å². The van der Waals surface area contributed by atoms with Crippen molar-refractivity contribution in [1.82, 2.24) is 20.0 Å². The molecule has 57 heavy (non-hydrogen) atoms. The van der Waals surface area contributed by atoms with Crippen LogP contribution < -0.4 is 10.3 Å². The molecule has 1 aliphatic heterocycles. The summed E-state index contributed by atoms with van der Waals surface area (Å²) in [6.07, 6.45) is -3.49. The summed E-state index contributed by atoms with van der Waals surface area (Å²) < 4.78 is 36.3. The highest BCUT2D eigenvalue weighted by Crippen LogP contribution is 2.49. The number of nitrogens with two attached hydrogens (primary N) is 1. The van der Waals surface area contributed by atoms with Gasteiger partial charge in [0.2, 0.25) is 0 Å². The van der Waals surface area contributed by atoms with E-state index in [2.05, 4.69) is 10.2 Å². The molecule has 1 aromatic heterocycles. The molecule has 0 spiro atoms. The van der Waals surface area contributed by atoms with Gasteiger partial charge in [-0.25, -0.2) is 14.2 Å². The number of hydrogen-bond donors (Lipinski definition) is 4. The summed E-state index contributed by atoms with van der Waals surface area (Å²) in [5, 5.41) is 31.8. The predicted molar refractivity (Wildman–Crippen MR) is 215 cm³/mol. The van der Waals surface area contributed by atoms with Crippen LogP contribution in [0.2, 0.25) is 0 Å². The van der Waals surface area contributed by atoms with Crippen LogP contribution in [0.1, 0.15) is 37.0 Å². The number of para-hydroxylation sites is 1. The maximum Gasteiger partial charge on any atom is 0.405 e. The number of benzene rings is 4. The van der Waals surface area contributed by atoms with E-state index in [4.69, 9.17) is 24.3 Å². The summed E-state index contributed by atoms with van der Waals surface area (Å²) in [5.41, 5.74) is 9.42. The molecule has 15 heteroatoms. The minimum absolute atomic E-state index is 0.0175. The topological polar surface area (TPSA) is 190 Å². The minimum atomic E-state index is -4.05. The zero-order chi connectivity index (χ0) is 40.4. The van der Waals surface area contributed by atoms with E-state index in [-0.39, 0.29) is 57.3 Å². The zero-order valence-electron chi connectivity index (χ0n) is 32.1. The third kappa shape index (κ3) is 10.6. The lowest BCUT2D eigenvalue weighted by molar-refractivity contribution is -0.150. The van der Waals surface area contributed by atoms with Crippen LogP contribution >= 0.6 is 7.60 Å². The molecule has 1 saturated heterocycles. The first-order valence-corrected chi connectivity index (χ1v) is 20.8. The van der Waals surface area contributed by atoms with Crippen LogP contribution in [-0.2, 0) is 42.7 Å². The molecular weight excluding hydrogens is 749 g/mol. The lowest BCUT2D eigenvalue weighted by Gasteiger charge is -2.36. The molecule has 0 bridgehead atoms. The Morgan fingerprint density at radius 2 is 1.47 bits per heavy atom. The van der Waals surface area contributed by atoms with Gasteiger partial charge in [-0.2, -0.15) is 5.10 Å². The number of aliphatic hydroxyl groups excluding tert-OH is 2. The van der Waals surface area contributed by atoms with Gasteiger partial charge < -0.3 is 39.7 Å². The lowest BCUT2D eigenvalue weighted by Crippen LogP contribution is -2.51. The second kappa shape index (κ2) is 19.3. The summed E-state index contributed by atoms with van der Waals surface area (Å²) in [6.45, 7) is 3.46.